The fraction of sp³-hybridized carbons (Fsp3) is 0.500. The number of hydrogen-bond acceptors (Lipinski definition) is 3. The number of nitrogens with one attached hydrogen (secondary N) is 2. The molecule has 1 aromatic carbocycles. The van der Waals surface area contributed by atoms with Gasteiger partial charge >= 0.3 is 0 Å². The highest BCUT2D eigenvalue weighted by Crippen LogP contribution is 2.13. The van der Waals surface area contributed by atoms with Gasteiger partial charge in [0.25, 0.3) is 0 Å². The first kappa shape index (κ1) is 18.1. The minimum atomic E-state index is -0.565. The van der Waals surface area contributed by atoms with E-state index in [1.165, 1.54) is 12.1 Å². The van der Waals surface area contributed by atoms with Gasteiger partial charge in [0.1, 0.15) is 5.82 Å². The van der Waals surface area contributed by atoms with E-state index in [4.69, 9.17) is 0 Å². The van der Waals surface area contributed by atoms with Gasteiger partial charge in [-0.2, -0.15) is 0 Å². The summed E-state index contributed by atoms with van der Waals surface area (Å²) < 4.78 is 13.5. The van der Waals surface area contributed by atoms with Crippen LogP contribution in [0.5, 0.6) is 0 Å². The third kappa shape index (κ3) is 5.81. The minimum absolute atomic E-state index is 0.0864. The molecule has 1 aromatic rings. The number of amides is 2. The van der Waals surface area contributed by atoms with Gasteiger partial charge in [-0.25, -0.2) is 4.39 Å². The second-order valence-electron chi connectivity index (χ2n) is 6.36. The lowest BCUT2D eigenvalue weighted by Crippen LogP contribution is -2.49. The third-order valence-electron chi connectivity index (χ3n) is 3.08. The lowest BCUT2D eigenvalue weighted by atomic mass is 10.1. The molecule has 0 saturated carbocycles. The summed E-state index contributed by atoms with van der Waals surface area (Å²) in [5.41, 5.74) is -0.191. The molecule has 0 aliphatic rings. The molecule has 2 amide bonds. The van der Waals surface area contributed by atoms with Crippen LogP contribution < -0.4 is 10.6 Å². The van der Waals surface area contributed by atoms with Crippen LogP contribution in [-0.2, 0) is 9.59 Å². The Hall–Kier alpha value is -1.95. The van der Waals surface area contributed by atoms with E-state index in [0.717, 1.165) is 0 Å². The van der Waals surface area contributed by atoms with Crippen LogP contribution in [0.4, 0.5) is 10.1 Å². The summed E-state index contributed by atoms with van der Waals surface area (Å²) in [5, 5.41) is 5.36. The predicted molar refractivity (Wildman–Crippen MR) is 85.0 cm³/mol. The number of likely N-dealkylation sites (N-methyl/N-ethyl adjacent to an activating group) is 1. The number of benzene rings is 1. The Kier molecular flexibility index (Phi) is 6.05. The maximum Gasteiger partial charge on any atom is 0.241 e. The van der Waals surface area contributed by atoms with Crippen molar-refractivity contribution in [3.05, 3.63) is 30.1 Å². The van der Waals surface area contributed by atoms with Crippen molar-refractivity contribution in [3.63, 3.8) is 0 Å². The van der Waals surface area contributed by atoms with Crippen LogP contribution in [0.1, 0.15) is 27.7 Å². The number of carbonyl (C=O) groups is 2. The molecule has 0 aliphatic heterocycles. The number of anilines is 1. The summed E-state index contributed by atoms with van der Waals surface area (Å²) in [6, 6.07) is 5.40. The lowest BCUT2D eigenvalue weighted by Gasteiger charge is -2.26. The Morgan fingerprint density at radius 2 is 1.86 bits per heavy atom. The smallest absolute Gasteiger partial charge is 0.241 e. The third-order valence-corrected chi connectivity index (χ3v) is 3.08. The van der Waals surface area contributed by atoms with E-state index >= 15 is 0 Å². The molecule has 0 bridgehead atoms. The Labute approximate surface area is 130 Å². The van der Waals surface area contributed by atoms with Crippen molar-refractivity contribution in [2.75, 3.05) is 18.9 Å². The number of hydrogen-bond donors (Lipinski definition) is 2. The molecule has 0 spiro atoms. The molecule has 0 aliphatic carbocycles. The van der Waals surface area contributed by atoms with E-state index in [1.54, 1.807) is 31.0 Å². The zero-order chi connectivity index (χ0) is 16.9. The molecule has 0 radical (unpaired) electrons. The van der Waals surface area contributed by atoms with Gasteiger partial charge in [0.15, 0.2) is 0 Å². The number of halogens is 1. The molecule has 1 atom stereocenters. The van der Waals surface area contributed by atoms with Gasteiger partial charge in [-0.05, 0) is 46.9 Å². The van der Waals surface area contributed by atoms with Crippen LogP contribution in [0.3, 0.4) is 0 Å². The van der Waals surface area contributed by atoms with Crippen LogP contribution in [0.25, 0.3) is 0 Å². The predicted octanol–water partition coefficient (Wildman–Crippen LogP) is 2.00. The largest absolute Gasteiger partial charge is 0.350 e. The second kappa shape index (κ2) is 7.35. The number of para-hydroxylation sites is 1. The van der Waals surface area contributed by atoms with E-state index in [1.807, 2.05) is 20.8 Å². The summed E-state index contributed by atoms with van der Waals surface area (Å²) in [5.74, 6) is -1.02. The minimum Gasteiger partial charge on any atom is -0.350 e. The molecular weight excluding hydrogens is 285 g/mol. The fourth-order valence-corrected chi connectivity index (χ4v) is 1.82. The summed E-state index contributed by atoms with van der Waals surface area (Å²) in [7, 11) is 1.67. The fourth-order valence-electron chi connectivity index (χ4n) is 1.82. The maximum atomic E-state index is 13.5. The molecule has 2 N–H and O–H groups in total. The van der Waals surface area contributed by atoms with Crippen LogP contribution in [0.2, 0.25) is 0 Å². The molecule has 122 valence electrons. The van der Waals surface area contributed by atoms with Crippen molar-refractivity contribution >= 4 is 17.5 Å². The molecule has 0 heterocycles. The Balaban J connectivity index is 2.59. The zero-order valence-electron chi connectivity index (χ0n) is 13.7. The van der Waals surface area contributed by atoms with Crippen LogP contribution in [-0.4, -0.2) is 41.9 Å². The zero-order valence-corrected chi connectivity index (χ0v) is 13.7. The normalized spacial score (nSPS) is 12.9. The molecule has 0 saturated heterocycles. The highest BCUT2D eigenvalue weighted by Gasteiger charge is 2.22. The molecule has 0 fully saturated rings. The molecule has 22 heavy (non-hydrogen) atoms. The van der Waals surface area contributed by atoms with Gasteiger partial charge in [-0.15, -0.1) is 0 Å². The van der Waals surface area contributed by atoms with Gasteiger partial charge in [0, 0.05) is 5.54 Å². The van der Waals surface area contributed by atoms with E-state index in [0.29, 0.717) is 0 Å². The SMILES string of the molecule is CC(C(=O)Nc1ccccc1F)N(C)CC(=O)NC(C)(C)C. The highest BCUT2D eigenvalue weighted by atomic mass is 19.1. The van der Waals surface area contributed by atoms with Crippen LogP contribution in [0, 0.1) is 5.82 Å². The van der Waals surface area contributed by atoms with Crippen molar-refractivity contribution in [1.29, 1.82) is 0 Å². The van der Waals surface area contributed by atoms with Crippen molar-refractivity contribution < 1.29 is 14.0 Å². The summed E-state index contributed by atoms with van der Waals surface area (Å²) in [6.07, 6.45) is 0. The summed E-state index contributed by atoms with van der Waals surface area (Å²) in [6.45, 7) is 7.42. The molecule has 6 heteroatoms. The van der Waals surface area contributed by atoms with E-state index in [9.17, 15) is 14.0 Å². The van der Waals surface area contributed by atoms with Gasteiger partial charge in [0.05, 0.1) is 18.3 Å². The number of carbonyl (C=O) groups excluding carboxylic acids is 2. The Bertz CT molecular complexity index is 540. The monoisotopic (exact) mass is 309 g/mol. The molecular formula is C16H24FN3O2. The van der Waals surface area contributed by atoms with Gasteiger partial charge in [0.2, 0.25) is 11.8 Å². The first-order valence-electron chi connectivity index (χ1n) is 7.17. The van der Waals surface area contributed by atoms with Crippen molar-refractivity contribution in [3.8, 4) is 0 Å². The highest BCUT2D eigenvalue weighted by molar-refractivity contribution is 5.95. The molecule has 5 nitrogen and oxygen atoms in total. The number of rotatable bonds is 5. The summed E-state index contributed by atoms with van der Waals surface area (Å²) in [4.78, 5) is 25.6. The summed E-state index contributed by atoms with van der Waals surface area (Å²) >= 11 is 0. The van der Waals surface area contributed by atoms with Gasteiger partial charge in [-0.3, -0.25) is 14.5 Å². The topological polar surface area (TPSA) is 61.4 Å². The lowest BCUT2D eigenvalue weighted by molar-refractivity contribution is -0.125. The molecule has 1 rings (SSSR count). The van der Waals surface area contributed by atoms with Gasteiger partial charge in [-0.1, -0.05) is 12.1 Å². The quantitative estimate of drug-likeness (QED) is 0.874. The Morgan fingerprint density at radius 1 is 1.27 bits per heavy atom. The first-order valence-corrected chi connectivity index (χ1v) is 7.17. The average molecular weight is 309 g/mol. The van der Waals surface area contributed by atoms with E-state index in [2.05, 4.69) is 10.6 Å². The molecule has 1 unspecified atom stereocenters. The van der Waals surface area contributed by atoms with Crippen LogP contribution in [0.15, 0.2) is 24.3 Å². The maximum absolute atomic E-state index is 13.5. The van der Waals surface area contributed by atoms with E-state index < -0.39 is 11.9 Å². The number of nitrogens with zero attached hydrogens (tertiary/aromatic N) is 1. The Morgan fingerprint density at radius 3 is 2.41 bits per heavy atom. The van der Waals surface area contributed by atoms with Crippen molar-refractivity contribution in [1.82, 2.24) is 10.2 Å². The molecule has 0 aromatic heterocycles. The second-order valence-corrected chi connectivity index (χ2v) is 6.36. The van der Waals surface area contributed by atoms with E-state index in [-0.39, 0.29) is 29.6 Å². The van der Waals surface area contributed by atoms with Crippen molar-refractivity contribution in [2.24, 2.45) is 0 Å². The van der Waals surface area contributed by atoms with Gasteiger partial charge < -0.3 is 10.6 Å². The standard InChI is InChI=1S/C16H24FN3O2/c1-11(20(5)10-14(21)19-16(2,3)4)15(22)18-13-9-7-6-8-12(13)17/h6-9,11H,10H2,1-5H3,(H,18,22)(H,19,21). The first-order chi connectivity index (χ1) is 10.1. The average Bonchev–Trinajstić information content (AvgIpc) is 2.38. The van der Waals surface area contributed by atoms with Crippen LogP contribution >= 0.6 is 0 Å². The van der Waals surface area contributed by atoms with Crippen molar-refractivity contribution in [2.45, 2.75) is 39.3 Å².